The quantitative estimate of drug-likeness (QED) is 0.460. The zero-order chi connectivity index (χ0) is 22.2. The summed E-state index contributed by atoms with van der Waals surface area (Å²) in [6.45, 7) is 6.78. The third-order valence-electron chi connectivity index (χ3n) is 5.94. The third-order valence-corrected chi connectivity index (χ3v) is 6.26. The molecule has 0 atom stereocenters. The number of piperazine rings is 1. The van der Waals surface area contributed by atoms with Crippen LogP contribution in [0.5, 0.6) is 0 Å². The zero-order valence-corrected chi connectivity index (χ0v) is 18.9. The normalized spacial score (nSPS) is 14.2. The van der Waals surface area contributed by atoms with Crippen molar-refractivity contribution in [2.45, 2.75) is 13.8 Å². The monoisotopic (exact) mass is 445 g/mol. The first-order chi connectivity index (χ1) is 15.5. The number of pyridine rings is 1. The molecule has 3 heterocycles. The van der Waals surface area contributed by atoms with Gasteiger partial charge in [-0.3, -0.25) is 4.79 Å². The van der Waals surface area contributed by atoms with Crippen LogP contribution in [0.2, 0.25) is 5.02 Å². The second-order valence-corrected chi connectivity index (χ2v) is 8.48. The van der Waals surface area contributed by atoms with Gasteiger partial charge in [0.05, 0.1) is 27.4 Å². The lowest BCUT2D eigenvalue weighted by atomic mass is 10.1. The van der Waals surface area contributed by atoms with E-state index in [1.54, 1.807) is 4.68 Å². The van der Waals surface area contributed by atoms with Crippen LogP contribution in [0.15, 0.2) is 60.7 Å². The van der Waals surface area contributed by atoms with Crippen molar-refractivity contribution >= 4 is 34.2 Å². The van der Waals surface area contributed by atoms with Crippen LogP contribution >= 0.6 is 11.6 Å². The Bertz CT molecular complexity index is 1290. The highest BCUT2D eigenvalue weighted by atomic mass is 35.5. The molecule has 4 aromatic rings. The van der Waals surface area contributed by atoms with Gasteiger partial charge in [0, 0.05) is 37.6 Å². The van der Waals surface area contributed by atoms with Gasteiger partial charge in [-0.25, -0.2) is 9.67 Å². The number of rotatable bonds is 3. The van der Waals surface area contributed by atoms with Crippen LogP contribution in [0.3, 0.4) is 0 Å². The molecular weight excluding hydrogens is 422 g/mol. The molecule has 1 aliphatic heterocycles. The van der Waals surface area contributed by atoms with Gasteiger partial charge in [0.2, 0.25) is 0 Å². The Morgan fingerprint density at radius 2 is 1.62 bits per heavy atom. The largest absolute Gasteiger partial charge is 0.368 e. The number of hydrogen-bond acceptors (Lipinski definition) is 4. The van der Waals surface area contributed by atoms with E-state index >= 15 is 0 Å². The van der Waals surface area contributed by atoms with Crippen molar-refractivity contribution in [1.82, 2.24) is 19.7 Å². The second-order valence-electron chi connectivity index (χ2n) is 8.07. The van der Waals surface area contributed by atoms with Gasteiger partial charge < -0.3 is 9.80 Å². The minimum Gasteiger partial charge on any atom is -0.368 e. The third kappa shape index (κ3) is 3.60. The van der Waals surface area contributed by atoms with E-state index in [0.29, 0.717) is 29.3 Å². The van der Waals surface area contributed by atoms with Crippen LogP contribution in [-0.4, -0.2) is 51.8 Å². The average Bonchev–Trinajstić information content (AvgIpc) is 3.15. The lowest BCUT2D eigenvalue weighted by Crippen LogP contribution is -2.48. The van der Waals surface area contributed by atoms with Crippen molar-refractivity contribution in [2.75, 3.05) is 31.1 Å². The molecule has 1 fully saturated rings. The summed E-state index contributed by atoms with van der Waals surface area (Å²) in [5.74, 6) is 0.0232. The second kappa shape index (κ2) is 8.28. The lowest BCUT2D eigenvalue weighted by Gasteiger charge is -2.36. The first-order valence-electron chi connectivity index (χ1n) is 10.7. The summed E-state index contributed by atoms with van der Waals surface area (Å²) in [7, 11) is 0. The minimum absolute atomic E-state index is 0.0232. The van der Waals surface area contributed by atoms with Crippen molar-refractivity contribution < 1.29 is 4.79 Å². The van der Waals surface area contributed by atoms with E-state index in [1.165, 1.54) is 5.69 Å². The van der Waals surface area contributed by atoms with Crippen molar-refractivity contribution in [3.05, 3.63) is 82.6 Å². The Kier molecular flexibility index (Phi) is 5.31. The molecule has 6 nitrogen and oxygen atoms in total. The molecular formula is C25H24ClN5O. The number of carbonyl (C=O) groups is 1. The Morgan fingerprint density at radius 3 is 2.34 bits per heavy atom. The summed E-state index contributed by atoms with van der Waals surface area (Å²) in [5, 5.41) is 6.06. The molecule has 5 rings (SSSR count). The van der Waals surface area contributed by atoms with Gasteiger partial charge in [0.25, 0.3) is 5.91 Å². The highest BCUT2D eigenvalue weighted by Crippen LogP contribution is 2.29. The standard InChI is InChI=1S/C25H24ClN5O/c1-17-16-20(25(32)30-14-12-29(13-15-30)19-8-4-3-5-9-19)23-18(2)28-31(24(23)27-17)22-11-7-6-10-21(22)26/h3-11,16H,12-15H2,1-2H3. The molecule has 0 radical (unpaired) electrons. The number of aryl methyl sites for hydroxylation is 2. The van der Waals surface area contributed by atoms with E-state index in [-0.39, 0.29) is 5.91 Å². The van der Waals surface area contributed by atoms with Gasteiger partial charge in [-0.2, -0.15) is 5.10 Å². The number of nitrogens with zero attached hydrogens (tertiary/aromatic N) is 5. The predicted molar refractivity (Wildman–Crippen MR) is 128 cm³/mol. The van der Waals surface area contributed by atoms with Gasteiger partial charge in [-0.15, -0.1) is 0 Å². The number of fused-ring (bicyclic) bond motifs is 1. The number of anilines is 1. The minimum atomic E-state index is 0.0232. The smallest absolute Gasteiger partial charge is 0.254 e. The van der Waals surface area contributed by atoms with Gasteiger partial charge in [0.1, 0.15) is 0 Å². The zero-order valence-electron chi connectivity index (χ0n) is 18.1. The van der Waals surface area contributed by atoms with Gasteiger partial charge in [-0.1, -0.05) is 41.9 Å². The summed E-state index contributed by atoms with van der Waals surface area (Å²) in [6.07, 6.45) is 0. The molecule has 32 heavy (non-hydrogen) atoms. The highest BCUT2D eigenvalue weighted by Gasteiger charge is 2.26. The van der Waals surface area contributed by atoms with Crippen LogP contribution in [0.1, 0.15) is 21.7 Å². The molecule has 0 aliphatic carbocycles. The number of para-hydroxylation sites is 2. The maximum atomic E-state index is 13.6. The first kappa shape index (κ1) is 20.5. The molecule has 1 saturated heterocycles. The SMILES string of the molecule is Cc1cc(C(=O)N2CCN(c3ccccc3)CC2)c2c(C)nn(-c3ccccc3Cl)c2n1. The molecule has 0 bridgehead atoms. The molecule has 0 unspecified atom stereocenters. The number of aromatic nitrogens is 3. The van der Waals surface area contributed by atoms with E-state index in [2.05, 4.69) is 17.0 Å². The van der Waals surface area contributed by atoms with Crippen molar-refractivity contribution in [1.29, 1.82) is 0 Å². The maximum absolute atomic E-state index is 13.6. The summed E-state index contributed by atoms with van der Waals surface area (Å²) in [6, 6.07) is 19.7. The van der Waals surface area contributed by atoms with Crippen molar-refractivity contribution in [3.63, 3.8) is 0 Å². The number of amides is 1. The molecule has 2 aromatic heterocycles. The van der Waals surface area contributed by atoms with E-state index in [0.717, 1.165) is 35.6 Å². The molecule has 7 heteroatoms. The topological polar surface area (TPSA) is 54.3 Å². The maximum Gasteiger partial charge on any atom is 0.254 e. The van der Waals surface area contributed by atoms with Crippen LogP contribution in [-0.2, 0) is 0 Å². The van der Waals surface area contributed by atoms with Crippen LogP contribution in [0, 0.1) is 13.8 Å². The lowest BCUT2D eigenvalue weighted by molar-refractivity contribution is 0.0748. The van der Waals surface area contributed by atoms with Crippen LogP contribution in [0.4, 0.5) is 5.69 Å². The van der Waals surface area contributed by atoms with Crippen LogP contribution < -0.4 is 4.90 Å². The molecule has 1 amide bonds. The number of carbonyl (C=O) groups excluding carboxylic acids is 1. The van der Waals surface area contributed by atoms with Crippen molar-refractivity contribution in [2.24, 2.45) is 0 Å². The number of hydrogen-bond donors (Lipinski definition) is 0. The van der Waals surface area contributed by atoms with Gasteiger partial charge in [0.15, 0.2) is 5.65 Å². The highest BCUT2D eigenvalue weighted by molar-refractivity contribution is 6.32. The van der Waals surface area contributed by atoms with Crippen molar-refractivity contribution in [3.8, 4) is 5.69 Å². The fourth-order valence-electron chi connectivity index (χ4n) is 4.35. The summed E-state index contributed by atoms with van der Waals surface area (Å²) < 4.78 is 1.74. The summed E-state index contributed by atoms with van der Waals surface area (Å²) in [4.78, 5) is 22.6. The number of benzene rings is 2. The summed E-state index contributed by atoms with van der Waals surface area (Å²) in [5.41, 5.74) is 4.79. The van der Waals surface area contributed by atoms with E-state index in [4.69, 9.17) is 21.7 Å². The first-order valence-corrected chi connectivity index (χ1v) is 11.1. The molecule has 1 aliphatic rings. The Balaban J connectivity index is 1.48. The number of halogens is 1. The molecule has 0 N–H and O–H groups in total. The Morgan fingerprint density at radius 1 is 0.938 bits per heavy atom. The van der Waals surface area contributed by atoms with E-state index in [9.17, 15) is 4.79 Å². The molecule has 162 valence electrons. The Labute approximate surface area is 192 Å². The average molecular weight is 446 g/mol. The predicted octanol–water partition coefficient (Wildman–Crippen LogP) is 4.65. The fraction of sp³-hybridized carbons (Fsp3) is 0.240. The van der Waals surface area contributed by atoms with Gasteiger partial charge in [-0.05, 0) is 44.2 Å². The van der Waals surface area contributed by atoms with Crippen LogP contribution in [0.25, 0.3) is 16.7 Å². The molecule has 0 spiro atoms. The Hall–Kier alpha value is -3.38. The molecule has 0 saturated carbocycles. The van der Waals surface area contributed by atoms with E-state index in [1.807, 2.05) is 67.3 Å². The van der Waals surface area contributed by atoms with Gasteiger partial charge >= 0.3 is 0 Å². The molecule has 2 aromatic carbocycles. The fourth-order valence-corrected chi connectivity index (χ4v) is 4.57. The van der Waals surface area contributed by atoms with E-state index < -0.39 is 0 Å². The summed E-state index contributed by atoms with van der Waals surface area (Å²) >= 11 is 6.43.